The van der Waals surface area contributed by atoms with Crippen molar-refractivity contribution in [1.82, 2.24) is 10.2 Å². The molecule has 0 aromatic heterocycles. The van der Waals surface area contributed by atoms with Gasteiger partial charge in [0.25, 0.3) is 0 Å². The molecular formula is C14H17ClN2O4S. The molecule has 1 fully saturated rings. The zero-order valence-corrected chi connectivity index (χ0v) is 13.7. The highest BCUT2D eigenvalue weighted by Gasteiger charge is 2.29. The van der Waals surface area contributed by atoms with Gasteiger partial charge in [0.05, 0.1) is 10.6 Å². The van der Waals surface area contributed by atoms with Crippen molar-refractivity contribution < 1.29 is 18.0 Å². The molecule has 120 valence electrons. The van der Waals surface area contributed by atoms with Crippen molar-refractivity contribution in [2.24, 2.45) is 0 Å². The molecule has 6 nitrogen and oxygen atoms in total. The summed E-state index contributed by atoms with van der Waals surface area (Å²) in [5, 5.41) is 3.10. The van der Waals surface area contributed by atoms with Crippen LogP contribution in [-0.4, -0.2) is 50.0 Å². The van der Waals surface area contributed by atoms with Crippen molar-refractivity contribution in [1.29, 1.82) is 0 Å². The minimum atomic E-state index is -3.55. The predicted octanol–water partition coefficient (Wildman–Crippen LogP) is 0.851. The van der Waals surface area contributed by atoms with E-state index in [2.05, 4.69) is 5.32 Å². The van der Waals surface area contributed by atoms with E-state index in [1.807, 2.05) is 0 Å². The van der Waals surface area contributed by atoms with Crippen molar-refractivity contribution >= 4 is 33.3 Å². The molecule has 0 bridgehead atoms. The van der Waals surface area contributed by atoms with Crippen LogP contribution in [0.25, 0.3) is 0 Å². The summed E-state index contributed by atoms with van der Waals surface area (Å²) in [6.45, 7) is 2.41. The lowest BCUT2D eigenvalue weighted by molar-refractivity contribution is -0.142. The van der Waals surface area contributed by atoms with Crippen LogP contribution in [0.15, 0.2) is 29.2 Å². The molecule has 0 radical (unpaired) electrons. The number of hydrogen-bond donors (Lipinski definition) is 1. The Balaban J connectivity index is 2.01. The Labute approximate surface area is 134 Å². The topological polar surface area (TPSA) is 83.6 Å². The maximum Gasteiger partial charge on any atom is 0.242 e. The van der Waals surface area contributed by atoms with Gasteiger partial charge in [-0.05, 0) is 31.2 Å². The van der Waals surface area contributed by atoms with Crippen LogP contribution in [0.3, 0.4) is 0 Å². The second-order valence-corrected chi connectivity index (χ2v) is 7.62. The van der Waals surface area contributed by atoms with Crippen LogP contribution in [0.5, 0.6) is 0 Å². The Bertz CT molecular complexity index is 673. The van der Waals surface area contributed by atoms with Crippen molar-refractivity contribution in [3.63, 3.8) is 0 Å². The second kappa shape index (κ2) is 6.66. The number of rotatable bonds is 4. The molecule has 2 rings (SSSR count). The Morgan fingerprint density at radius 1 is 1.36 bits per heavy atom. The molecule has 1 aliphatic heterocycles. The molecule has 1 aliphatic rings. The van der Waals surface area contributed by atoms with Gasteiger partial charge in [-0.1, -0.05) is 11.6 Å². The van der Waals surface area contributed by atoms with Crippen LogP contribution in [0.4, 0.5) is 0 Å². The summed E-state index contributed by atoms with van der Waals surface area (Å²) < 4.78 is 24.4. The fraction of sp³-hybridized carbons (Fsp3) is 0.429. The SMILES string of the molecule is CC1C(=O)NCCN1C(=O)CCS(=O)(=O)c1ccc(Cl)cc1. The number of piperazine rings is 1. The summed E-state index contributed by atoms with van der Waals surface area (Å²) in [4.78, 5) is 25.2. The molecule has 1 N–H and O–H groups in total. The van der Waals surface area contributed by atoms with Crippen molar-refractivity contribution in [3.8, 4) is 0 Å². The number of amides is 2. The van der Waals surface area contributed by atoms with Crippen molar-refractivity contribution in [2.75, 3.05) is 18.8 Å². The van der Waals surface area contributed by atoms with Crippen molar-refractivity contribution in [2.45, 2.75) is 24.3 Å². The monoisotopic (exact) mass is 344 g/mol. The van der Waals surface area contributed by atoms with E-state index in [0.717, 1.165) is 0 Å². The number of benzene rings is 1. The van der Waals surface area contributed by atoms with Crippen LogP contribution in [0.1, 0.15) is 13.3 Å². The minimum Gasteiger partial charge on any atom is -0.353 e. The molecule has 0 aliphatic carbocycles. The number of nitrogens with zero attached hydrogens (tertiary/aromatic N) is 1. The Morgan fingerprint density at radius 2 is 2.00 bits per heavy atom. The second-order valence-electron chi connectivity index (χ2n) is 5.08. The molecule has 1 heterocycles. The molecule has 2 amide bonds. The average molecular weight is 345 g/mol. The van der Waals surface area contributed by atoms with E-state index < -0.39 is 15.9 Å². The summed E-state index contributed by atoms with van der Waals surface area (Å²) in [5.74, 6) is -0.849. The molecule has 1 unspecified atom stereocenters. The van der Waals surface area contributed by atoms with Crippen LogP contribution >= 0.6 is 11.6 Å². The van der Waals surface area contributed by atoms with Gasteiger partial charge in [0.2, 0.25) is 11.8 Å². The van der Waals surface area contributed by atoms with Gasteiger partial charge in [0.1, 0.15) is 6.04 Å². The van der Waals surface area contributed by atoms with Crippen LogP contribution in [0, 0.1) is 0 Å². The molecule has 0 saturated carbocycles. The molecular weight excluding hydrogens is 328 g/mol. The third-order valence-corrected chi connectivity index (χ3v) is 5.56. The zero-order chi connectivity index (χ0) is 16.3. The lowest BCUT2D eigenvalue weighted by atomic mass is 10.2. The first kappa shape index (κ1) is 16.8. The van der Waals surface area contributed by atoms with E-state index in [1.165, 1.54) is 29.2 Å². The third-order valence-electron chi connectivity index (χ3n) is 3.58. The molecule has 1 aromatic rings. The number of nitrogens with one attached hydrogen (secondary N) is 1. The summed E-state index contributed by atoms with van der Waals surface area (Å²) in [7, 11) is -3.55. The van der Waals surface area contributed by atoms with E-state index in [9.17, 15) is 18.0 Å². The zero-order valence-electron chi connectivity index (χ0n) is 12.1. The fourth-order valence-corrected chi connectivity index (χ4v) is 3.60. The number of carbonyl (C=O) groups excluding carboxylic acids is 2. The Hall–Kier alpha value is -1.60. The minimum absolute atomic E-state index is 0.133. The van der Waals surface area contributed by atoms with Crippen LogP contribution < -0.4 is 5.32 Å². The Morgan fingerprint density at radius 3 is 2.64 bits per heavy atom. The van der Waals surface area contributed by atoms with Crippen molar-refractivity contribution in [3.05, 3.63) is 29.3 Å². The number of sulfone groups is 1. The van der Waals surface area contributed by atoms with Crippen LogP contribution in [0.2, 0.25) is 5.02 Å². The van der Waals surface area contributed by atoms with E-state index in [4.69, 9.17) is 11.6 Å². The van der Waals surface area contributed by atoms with Gasteiger partial charge in [-0.2, -0.15) is 0 Å². The Kier molecular flexibility index (Phi) is 5.08. The quantitative estimate of drug-likeness (QED) is 0.877. The fourth-order valence-electron chi connectivity index (χ4n) is 2.25. The van der Waals surface area contributed by atoms with E-state index in [0.29, 0.717) is 18.1 Å². The van der Waals surface area contributed by atoms with E-state index in [-0.39, 0.29) is 28.9 Å². The molecule has 1 saturated heterocycles. The molecule has 1 aromatic carbocycles. The maximum absolute atomic E-state index is 12.2. The number of hydrogen-bond acceptors (Lipinski definition) is 4. The predicted molar refractivity (Wildman–Crippen MR) is 82.3 cm³/mol. The average Bonchev–Trinajstić information content (AvgIpc) is 2.48. The smallest absolute Gasteiger partial charge is 0.242 e. The molecule has 0 spiro atoms. The van der Waals surface area contributed by atoms with E-state index >= 15 is 0 Å². The maximum atomic E-state index is 12.2. The normalized spacial score (nSPS) is 18.9. The van der Waals surface area contributed by atoms with Gasteiger partial charge >= 0.3 is 0 Å². The third kappa shape index (κ3) is 3.78. The number of carbonyl (C=O) groups is 2. The summed E-state index contributed by atoms with van der Waals surface area (Å²) >= 11 is 5.73. The molecule has 22 heavy (non-hydrogen) atoms. The van der Waals surface area contributed by atoms with Gasteiger partial charge in [-0.25, -0.2) is 8.42 Å². The summed E-state index contributed by atoms with van der Waals surface area (Å²) in [6, 6.07) is 5.25. The first-order valence-corrected chi connectivity index (χ1v) is 8.90. The molecule has 8 heteroatoms. The summed E-state index contributed by atoms with van der Waals surface area (Å²) in [6.07, 6.45) is -0.150. The van der Waals surface area contributed by atoms with Gasteiger partial charge < -0.3 is 10.2 Å². The van der Waals surface area contributed by atoms with E-state index in [1.54, 1.807) is 6.92 Å². The van der Waals surface area contributed by atoms with Gasteiger partial charge in [-0.15, -0.1) is 0 Å². The molecule has 1 atom stereocenters. The highest BCUT2D eigenvalue weighted by atomic mass is 35.5. The van der Waals surface area contributed by atoms with Gasteiger partial charge in [-0.3, -0.25) is 9.59 Å². The first-order valence-electron chi connectivity index (χ1n) is 6.87. The lowest BCUT2D eigenvalue weighted by Crippen LogP contribution is -2.56. The lowest BCUT2D eigenvalue weighted by Gasteiger charge is -2.32. The van der Waals surface area contributed by atoms with Gasteiger partial charge in [0.15, 0.2) is 9.84 Å². The number of halogens is 1. The van der Waals surface area contributed by atoms with Gasteiger partial charge in [0, 0.05) is 24.5 Å². The highest BCUT2D eigenvalue weighted by molar-refractivity contribution is 7.91. The highest BCUT2D eigenvalue weighted by Crippen LogP contribution is 2.17. The standard InChI is InChI=1S/C14H17ClN2O4S/c1-10-14(19)16-7-8-17(10)13(18)6-9-22(20,21)12-4-2-11(15)3-5-12/h2-5,10H,6-9H2,1H3,(H,16,19). The largest absolute Gasteiger partial charge is 0.353 e. The summed E-state index contributed by atoms with van der Waals surface area (Å²) in [5.41, 5.74) is 0. The van der Waals surface area contributed by atoms with Crippen LogP contribution in [-0.2, 0) is 19.4 Å². The first-order chi connectivity index (χ1) is 10.3.